The summed E-state index contributed by atoms with van der Waals surface area (Å²) in [4.78, 5) is 23.7. The lowest BCUT2D eigenvalue weighted by Gasteiger charge is -2.31. The number of Topliss-reactive ketones (excluding diaryl/α,β-unsaturated/α-hetero) is 1. The molecule has 0 aromatic heterocycles. The molecule has 0 heterocycles. The molecule has 5 nitrogen and oxygen atoms in total. The van der Waals surface area contributed by atoms with Gasteiger partial charge in [-0.3, -0.25) is 4.79 Å². The monoisotopic (exact) mass is 398 g/mol. The van der Waals surface area contributed by atoms with Gasteiger partial charge in [0.05, 0.1) is 45.6 Å². The normalized spacial score (nSPS) is 14.0. The smallest absolute Gasteiger partial charge is 0.143 e. The zero-order valence-corrected chi connectivity index (χ0v) is 19.0. The fourth-order valence-electron chi connectivity index (χ4n) is 3.76. The first kappa shape index (κ1) is 27.1. The van der Waals surface area contributed by atoms with E-state index in [0.29, 0.717) is 17.4 Å². The number of carboxylic acid groups (broad SMARTS) is 1. The Morgan fingerprint density at radius 3 is 1.54 bits per heavy atom. The van der Waals surface area contributed by atoms with E-state index in [2.05, 4.69) is 6.92 Å². The Morgan fingerprint density at radius 2 is 1.18 bits per heavy atom. The third-order valence-electron chi connectivity index (χ3n) is 5.31. The molecule has 0 amide bonds. The number of unbranched alkanes of at least 4 members (excludes halogenated alkanes) is 12. The molecule has 0 bridgehead atoms. The highest BCUT2D eigenvalue weighted by atomic mass is 16.4. The lowest BCUT2D eigenvalue weighted by molar-refractivity contribution is -0.871. The van der Waals surface area contributed by atoms with Gasteiger partial charge in [0.15, 0.2) is 0 Å². The van der Waals surface area contributed by atoms with Crippen LogP contribution in [0.25, 0.3) is 0 Å². The van der Waals surface area contributed by atoms with E-state index in [1.165, 1.54) is 64.2 Å². The van der Waals surface area contributed by atoms with E-state index < -0.39 is 17.9 Å². The molecule has 28 heavy (non-hydrogen) atoms. The number of nitrogens with zero attached hydrogens (tertiary/aromatic N) is 1. The van der Waals surface area contributed by atoms with Gasteiger partial charge in [0.25, 0.3) is 0 Å². The molecule has 0 aliphatic heterocycles. The van der Waals surface area contributed by atoms with Gasteiger partial charge in [0.2, 0.25) is 0 Å². The van der Waals surface area contributed by atoms with Crippen molar-refractivity contribution < 1.29 is 19.2 Å². The van der Waals surface area contributed by atoms with Crippen LogP contribution >= 0.6 is 0 Å². The highest BCUT2D eigenvalue weighted by molar-refractivity contribution is 5.98. The van der Waals surface area contributed by atoms with Crippen LogP contribution in [-0.2, 0) is 9.59 Å². The third-order valence-corrected chi connectivity index (χ3v) is 5.31. The maximum absolute atomic E-state index is 12.3. The van der Waals surface area contributed by atoms with Gasteiger partial charge in [0, 0.05) is 6.42 Å². The Labute approximate surface area is 173 Å². The van der Waals surface area contributed by atoms with E-state index in [4.69, 9.17) is 5.73 Å². The summed E-state index contributed by atoms with van der Waals surface area (Å²) in [6, 6.07) is -0.695. The quantitative estimate of drug-likeness (QED) is 0.205. The number of carboxylic acids is 1. The Morgan fingerprint density at radius 1 is 0.786 bits per heavy atom. The summed E-state index contributed by atoms with van der Waals surface area (Å²) < 4.78 is 0.525. The molecule has 0 aliphatic rings. The van der Waals surface area contributed by atoms with Gasteiger partial charge in [-0.25, -0.2) is 0 Å². The Balaban J connectivity index is 3.77. The standard InChI is InChI=1S/C23H46N2O3/c1-5-6-7-8-9-10-11-12-13-14-15-16-17-18-21(26)22(23(27)28)20(24)19-25(2,3)4/h20,22H,5-19,24H2,1-4H3. The summed E-state index contributed by atoms with van der Waals surface area (Å²) >= 11 is 0. The molecule has 2 unspecified atom stereocenters. The number of aliphatic carboxylic acids is 1. The lowest BCUT2D eigenvalue weighted by Crippen LogP contribution is -2.54. The molecular weight excluding hydrogens is 352 g/mol. The molecular formula is C23H46N2O3. The highest BCUT2D eigenvalue weighted by Gasteiger charge is 2.30. The number of quaternary nitrogens is 1. The zero-order chi connectivity index (χ0) is 21.4. The van der Waals surface area contributed by atoms with Crippen molar-refractivity contribution in [1.29, 1.82) is 0 Å². The van der Waals surface area contributed by atoms with Crippen LogP contribution < -0.4 is 10.8 Å². The van der Waals surface area contributed by atoms with E-state index in [9.17, 15) is 14.7 Å². The maximum Gasteiger partial charge on any atom is 0.143 e. The maximum atomic E-state index is 12.3. The van der Waals surface area contributed by atoms with Crippen molar-refractivity contribution in [2.75, 3.05) is 27.7 Å². The van der Waals surface area contributed by atoms with Crippen LogP contribution in [-0.4, -0.2) is 50.0 Å². The molecule has 0 spiro atoms. The molecule has 0 aromatic rings. The molecule has 166 valence electrons. The van der Waals surface area contributed by atoms with Crippen molar-refractivity contribution in [3.63, 3.8) is 0 Å². The van der Waals surface area contributed by atoms with Gasteiger partial charge >= 0.3 is 0 Å². The first-order valence-electron chi connectivity index (χ1n) is 11.5. The van der Waals surface area contributed by atoms with Crippen LogP contribution in [0.1, 0.15) is 96.8 Å². The summed E-state index contributed by atoms with van der Waals surface area (Å²) in [7, 11) is 5.80. The first-order chi connectivity index (χ1) is 13.2. The van der Waals surface area contributed by atoms with Crippen LogP contribution in [0.4, 0.5) is 0 Å². The second-order valence-electron chi connectivity index (χ2n) is 9.39. The van der Waals surface area contributed by atoms with Gasteiger partial charge in [-0.15, -0.1) is 0 Å². The van der Waals surface area contributed by atoms with Crippen LogP contribution in [0.15, 0.2) is 0 Å². The largest absolute Gasteiger partial charge is 0.549 e. The summed E-state index contributed by atoms with van der Waals surface area (Å²) in [6.45, 7) is 2.68. The van der Waals surface area contributed by atoms with Gasteiger partial charge in [-0.05, 0) is 6.42 Å². The van der Waals surface area contributed by atoms with Crippen molar-refractivity contribution in [2.45, 2.75) is 103 Å². The number of ketones is 1. The molecule has 0 rings (SSSR count). The van der Waals surface area contributed by atoms with E-state index in [-0.39, 0.29) is 5.78 Å². The third kappa shape index (κ3) is 15.0. The van der Waals surface area contributed by atoms with Crippen molar-refractivity contribution >= 4 is 11.8 Å². The first-order valence-corrected chi connectivity index (χ1v) is 11.5. The van der Waals surface area contributed by atoms with Crippen LogP contribution in [0, 0.1) is 5.92 Å². The highest BCUT2D eigenvalue weighted by Crippen LogP contribution is 2.15. The average Bonchev–Trinajstić information content (AvgIpc) is 2.57. The Kier molecular flexibility index (Phi) is 15.4. The summed E-state index contributed by atoms with van der Waals surface area (Å²) in [5.41, 5.74) is 5.99. The van der Waals surface area contributed by atoms with Crippen molar-refractivity contribution in [1.82, 2.24) is 0 Å². The molecule has 0 aliphatic carbocycles. The fourth-order valence-corrected chi connectivity index (χ4v) is 3.76. The summed E-state index contributed by atoms with van der Waals surface area (Å²) in [6.07, 6.45) is 16.4. The molecule has 0 radical (unpaired) electrons. The second kappa shape index (κ2) is 15.9. The number of hydrogen-bond donors (Lipinski definition) is 1. The van der Waals surface area contributed by atoms with Crippen molar-refractivity contribution in [2.24, 2.45) is 11.7 Å². The fraction of sp³-hybridized carbons (Fsp3) is 0.913. The van der Waals surface area contributed by atoms with Crippen molar-refractivity contribution in [3.05, 3.63) is 0 Å². The van der Waals surface area contributed by atoms with Crippen LogP contribution in [0.3, 0.4) is 0 Å². The van der Waals surface area contributed by atoms with E-state index in [1.54, 1.807) is 0 Å². The SMILES string of the molecule is CCCCCCCCCCCCCCCC(=O)C(C(=O)[O-])C(N)C[N+](C)(C)C. The molecule has 0 saturated heterocycles. The van der Waals surface area contributed by atoms with Crippen molar-refractivity contribution in [3.8, 4) is 0 Å². The van der Waals surface area contributed by atoms with E-state index >= 15 is 0 Å². The minimum absolute atomic E-state index is 0.274. The van der Waals surface area contributed by atoms with Gasteiger partial charge in [-0.2, -0.15) is 0 Å². The van der Waals surface area contributed by atoms with Crippen LogP contribution in [0.5, 0.6) is 0 Å². The van der Waals surface area contributed by atoms with Gasteiger partial charge in [-0.1, -0.05) is 84.0 Å². The van der Waals surface area contributed by atoms with E-state index in [1.807, 2.05) is 21.1 Å². The number of nitrogens with two attached hydrogens (primary N) is 1. The predicted octanol–water partition coefficient (Wildman–Crippen LogP) is 3.44. The predicted molar refractivity (Wildman–Crippen MR) is 115 cm³/mol. The molecule has 0 saturated carbocycles. The lowest BCUT2D eigenvalue weighted by atomic mass is 9.91. The van der Waals surface area contributed by atoms with E-state index in [0.717, 1.165) is 19.3 Å². The van der Waals surface area contributed by atoms with Gasteiger partial charge in [0.1, 0.15) is 5.78 Å². The molecule has 5 heteroatoms. The topological polar surface area (TPSA) is 83.2 Å². The minimum Gasteiger partial charge on any atom is -0.549 e. The zero-order valence-electron chi connectivity index (χ0n) is 19.0. The molecule has 2 atom stereocenters. The van der Waals surface area contributed by atoms with Crippen LogP contribution in [0.2, 0.25) is 0 Å². The number of carbonyl (C=O) groups excluding carboxylic acids is 2. The molecule has 0 fully saturated rings. The Bertz CT molecular complexity index is 419. The Hall–Kier alpha value is -0.940. The summed E-state index contributed by atoms with van der Waals surface area (Å²) in [5.74, 6) is -2.79. The van der Waals surface area contributed by atoms with Gasteiger partial charge < -0.3 is 20.1 Å². The second-order valence-corrected chi connectivity index (χ2v) is 9.39. The number of hydrogen-bond acceptors (Lipinski definition) is 4. The summed E-state index contributed by atoms with van der Waals surface area (Å²) in [5, 5.41) is 11.4. The minimum atomic E-state index is -1.33. The molecule has 2 N–H and O–H groups in total. The number of carbonyl (C=O) groups is 2. The number of likely N-dealkylation sites (N-methyl/N-ethyl adjacent to an activating group) is 1. The molecule has 0 aromatic carbocycles. The number of rotatable bonds is 19. The average molecular weight is 399 g/mol.